The zero-order valence-electron chi connectivity index (χ0n) is 12.3. The number of H-pyrrole nitrogens is 1. The second-order valence-electron chi connectivity index (χ2n) is 4.25. The summed E-state index contributed by atoms with van der Waals surface area (Å²) in [4.78, 5) is 4.15. The Morgan fingerprint density at radius 1 is 1.35 bits per heavy atom. The summed E-state index contributed by atoms with van der Waals surface area (Å²) in [6, 6.07) is 1.93. The second-order valence-corrected chi connectivity index (χ2v) is 4.25. The van der Waals surface area contributed by atoms with E-state index in [1.807, 2.05) is 6.07 Å². The molecule has 1 aromatic heterocycles. The van der Waals surface area contributed by atoms with Gasteiger partial charge in [-0.3, -0.25) is 10.1 Å². The molecule has 3 N–H and O–H groups in total. The summed E-state index contributed by atoms with van der Waals surface area (Å²) in [5, 5.41) is 13.2. The van der Waals surface area contributed by atoms with E-state index in [1.165, 1.54) is 6.42 Å². The quantitative estimate of drug-likeness (QED) is 0.259. The summed E-state index contributed by atoms with van der Waals surface area (Å²) in [5.74, 6) is 0.795. The Hall–Kier alpha value is -0.830. The van der Waals surface area contributed by atoms with Gasteiger partial charge in [0.15, 0.2) is 5.96 Å². The van der Waals surface area contributed by atoms with Gasteiger partial charge in [0.25, 0.3) is 0 Å². The molecule has 0 bridgehead atoms. The van der Waals surface area contributed by atoms with Crippen molar-refractivity contribution >= 4 is 29.9 Å². The van der Waals surface area contributed by atoms with Gasteiger partial charge in [-0.05, 0) is 18.9 Å². The molecule has 0 amide bonds. The number of nitrogens with zero attached hydrogens (tertiary/aromatic N) is 2. The van der Waals surface area contributed by atoms with Crippen LogP contribution in [0.1, 0.15) is 31.9 Å². The Bertz CT molecular complexity index is 343. The van der Waals surface area contributed by atoms with Gasteiger partial charge in [0.2, 0.25) is 0 Å². The Labute approximate surface area is 138 Å². The highest BCUT2D eigenvalue weighted by atomic mass is 127. The molecule has 116 valence electrons. The summed E-state index contributed by atoms with van der Waals surface area (Å²) in [6.45, 7) is 5.37. The average Bonchev–Trinajstić information content (AvgIpc) is 2.94. The number of rotatable bonds is 9. The van der Waals surface area contributed by atoms with E-state index in [1.54, 1.807) is 13.2 Å². The van der Waals surface area contributed by atoms with Crippen molar-refractivity contribution in [2.45, 2.75) is 32.7 Å². The number of aromatic amines is 1. The molecule has 0 saturated heterocycles. The summed E-state index contributed by atoms with van der Waals surface area (Å²) in [7, 11) is 1.76. The molecule has 0 spiro atoms. The number of halogens is 1. The highest BCUT2D eigenvalue weighted by Gasteiger charge is 1.98. The van der Waals surface area contributed by atoms with Gasteiger partial charge in [-0.1, -0.05) is 13.3 Å². The van der Waals surface area contributed by atoms with Crippen molar-refractivity contribution in [3.05, 3.63) is 18.0 Å². The maximum absolute atomic E-state index is 5.49. The summed E-state index contributed by atoms with van der Waals surface area (Å²) < 4.78 is 5.49. The lowest BCUT2D eigenvalue weighted by Gasteiger charge is -2.11. The van der Waals surface area contributed by atoms with E-state index >= 15 is 0 Å². The third kappa shape index (κ3) is 9.13. The minimum absolute atomic E-state index is 0. The van der Waals surface area contributed by atoms with Gasteiger partial charge in [-0.2, -0.15) is 5.10 Å². The third-order valence-corrected chi connectivity index (χ3v) is 2.63. The normalized spacial score (nSPS) is 11.0. The molecule has 1 heterocycles. The first-order chi connectivity index (χ1) is 9.36. The van der Waals surface area contributed by atoms with Gasteiger partial charge in [-0.15, -0.1) is 24.0 Å². The van der Waals surface area contributed by atoms with E-state index in [9.17, 15) is 0 Å². The highest BCUT2D eigenvalue weighted by Crippen LogP contribution is 1.90. The first kappa shape index (κ1) is 19.2. The molecule has 6 nitrogen and oxygen atoms in total. The van der Waals surface area contributed by atoms with Crippen LogP contribution >= 0.6 is 24.0 Å². The van der Waals surface area contributed by atoms with Crippen LogP contribution in [0.4, 0.5) is 0 Å². The summed E-state index contributed by atoms with van der Waals surface area (Å²) in [6.07, 6.45) is 5.04. The van der Waals surface area contributed by atoms with Crippen molar-refractivity contribution < 1.29 is 4.74 Å². The monoisotopic (exact) mass is 395 g/mol. The topological polar surface area (TPSA) is 74.3 Å². The van der Waals surface area contributed by atoms with E-state index in [4.69, 9.17) is 4.74 Å². The number of guanidine groups is 1. The van der Waals surface area contributed by atoms with Gasteiger partial charge >= 0.3 is 0 Å². The van der Waals surface area contributed by atoms with Gasteiger partial charge in [0.05, 0.1) is 12.2 Å². The van der Waals surface area contributed by atoms with Gasteiger partial charge in [0.1, 0.15) is 0 Å². The number of unbranched alkanes of at least 4 members (excludes halogenated alkanes) is 1. The van der Waals surface area contributed by atoms with E-state index in [2.05, 4.69) is 32.7 Å². The van der Waals surface area contributed by atoms with E-state index in [-0.39, 0.29) is 24.0 Å². The van der Waals surface area contributed by atoms with Crippen LogP contribution in [0, 0.1) is 0 Å². The molecular formula is C13H26IN5O. The molecule has 0 aliphatic heterocycles. The van der Waals surface area contributed by atoms with Gasteiger partial charge in [-0.25, -0.2) is 0 Å². The Morgan fingerprint density at radius 3 is 2.80 bits per heavy atom. The van der Waals surface area contributed by atoms with Crippen molar-refractivity contribution in [2.75, 3.05) is 26.8 Å². The molecular weight excluding hydrogens is 369 g/mol. The zero-order chi connectivity index (χ0) is 13.8. The maximum atomic E-state index is 5.49. The summed E-state index contributed by atoms with van der Waals surface area (Å²) in [5.41, 5.74) is 1.03. The molecule has 0 aliphatic rings. The van der Waals surface area contributed by atoms with Crippen LogP contribution in [0.15, 0.2) is 17.3 Å². The number of aliphatic imine (C=N–C) groups is 1. The minimum atomic E-state index is 0. The van der Waals surface area contributed by atoms with Crippen LogP contribution in [0.3, 0.4) is 0 Å². The van der Waals surface area contributed by atoms with Crippen LogP contribution in [0.25, 0.3) is 0 Å². The number of hydrogen-bond donors (Lipinski definition) is 3. The molecule has 0 radical (unpaired) electrons. The zero-order valence-corrected chi connectivity index (χ0v) is 14.6. The molecule has 0 aromatic carbocycles. The SMILES string of the molecule is CCCCOCCCNC(=NC)NCc1ccn[nH]1.I. The fraction of sp³-hybridized carbons (Fsp3) is 0.692. The predicted molar refractivity (Wildman–Crippen MR) is 92.5 cm³/mol. The third-order valence-electron chi connectivity index (χ3n) is 2.63. The molecule has 0 fully saturated rings. The fourth-order valence-corrected chi connectivity index (χ4v) is 1.51. The lowest BCUT2D eigenvalue weighted by molar-refractivity contribution is 0.129. The smallest absolute Gasteiger partial charge is 0.191 e. The van der Waals surface area contributed by atoms with E-state index < -0.39 is 0 Å². The van der Waals surface area contributed by atoms with Crippen LogP contribution in [0.2, 0.25) is 0 Å². The average molecular weight is 395 g/mol. The molecule has 1 aromatic rings. The standard InChI is InChI=1S/C13H25N5O.HI/c1-3-4-9-19-10-5-7-15-13(14-2)16-11-12-6-8-17-18-12;/h6,8H,3-5,7,9-11H2,1-2H3,(H,17,18)(H2,14,15,16);1H. The minimum Gasteiger partial charge on any atom is -0.381 e. The Kier molecular flexibility index (Phi) is 12.6. The number of aromatic nitrogens is 2. The molecule has 0 atom stereocenters. The van der Waals surface area contributed by atoms with Crippen molar-refractivity contribution in [3.63, 3.8) is 0 Å². The maximum Gasteiger partial charge on any atom is 0.191 e. The number of ether oxygens (including phenoxy) is 1. The van der Waals surface area contributed by atoms with E-state index in [0.717, 1.165) is 44.3 Å². The molecule has 0 aliphatic carbocycles. The molecule has 0 unspecified atom stereocenters. The van der Waals surface area contributed by atoms with Crippen molar-refractivity contribution in [2.24, 2.45) is 4.99 Å². The number of nitrogens with one attached hydrogen (secondary N) is 3. The van der Waals surface area contributed by atoms with Crippen molar-refractivity contribution in [3.8, 4) is 0 Å². The van der Waals surface area contributed by atoms with E-state index in [0.29, 0.717) is 6.54 Å². The summed E-state index contributed by atoms with van der Waals surface area (Å²) >= 11 is 0. The molecule has 7 heteroatoms. The fourth-order valence-electron chi connectivity index (χ4n) is 1.51. The Balaban J connectivity index is 0.00000361. The first-order valence-corrected chi connectivity index (χ1v) is 6.87. The highest BCUT2D eigenvalue weighted by molar-refractivity contribution is 14.0. The second kappa shape index (κ2) is 13.2. The first-order valence-electron chi connectivity index (χ1n) is 6.87. The predicted octanol–water partition coefficient (Wildman–Crippen LogP) is 1.90. The van der Waals surface area contributed by atoms with Crippen LogP contribution in [-0.4, -0.2) is 43.0 Å². The molecule has 20 heavy (non-hydrogen) atoms. The van der Waals surface area contributed by atoms with Crippen molar-refractivity contribution in [1.29, 1.82) is 0 Å². The van der Waals surface area contributed by atoms with Crippen LogP contribution in [0.5, 0.6) is 0 Å². The Morgan fingerprint density at radius 2 is 2.15 bits per heavy atom. The van der Waals surface area contributed by atoms with Crippen molar-refractivity contribution in [1.82, 2.24) is 20.8 Å². The van der Waals surface area contributed by atoms with Gasteiger partial charge < -0.3 is 15.4 Å². The molecule has 1 rings (SSSR count). The van der Waals surface area contributed by atoms with Gasteiger partial charge in [0, 0.05) is 33.0 Å². The molecule has 0 saturated carbocycles. The number of hydrogen-bond acceptors (Lipinski definition) is 3. The van der Waals surface area contributed by atoms with Crippen LogP contribution < -0.4 is 10.6 Å². The van der Waals surface area contributed by atoms with Crippen LogP contribution in [-0.2, 0) is 11.3 Å². The lowest BCUT2D eigenvalue weighted by Crippen LogP contribution is -2.37. The lowest BCUT2D eigenvalue weighted by atomic mass is 10.4. The largest absolute Gasteiger partial charge is 0.381 e.